The summed E-state index contributed by atoms with van der Waals surface area (Å²) in [4.78, 5) is 0. The van der Waals surface area contributed by atoms with Gasteiger partial charge in [-0.25, -0.2) is 0 Å². The Balaban J connectivity index is 0.000000720. The van der Waals surface area contributed by atoms with Crippen molar-refractivity contribution < 1.29 is 68.4 Å². The van der Waals surface area contributed by atoms with E-state index < -0.39 is 0 Å². The zero-order valence-electron chi connectivity index (χ0n) is 7.52. The molecule has 0 aromatic rings. The van der Waals surface area contributed by atoms with Crippen molar-refractivity contribution in [3.8, 4) is 0 Å². The quantitative estimate of drug-likeness (QED) is 0.308. The maximum atomic E-state index is 2.43. The summed E-state index contributed by atoms with van der Waals surface area (Å²) in [5.74, 6) is 0. The van der Waals surface area contributed by atoms with Gasteiger partial charge in [-0.05, 0) is 0 Å². The topological polar surface area (TPSA) is 0 Å². The van der Waals surface area contributed by atoms with Gasteiger partial charge in [0.1, 0.15) is 0 Å². The van der Waals surface area contributed by atoms with Crippen molar-refractivity contribution in [2.45, 2.75) is 35.8 Å². The third-order valence-corrected chi connectivity index (χ3v) is 4.13. The molecule has 1 saturated carbocycles. The SMILES string of the molecule is [I-].[I-].[Ti+2][C]1(C2=CC=CC2)CCCC1. The van der Waals surface area contributed by atoms with E-state index in [9.17, 15) is 0 Å². The second-order valence-electron chi connectivity index (χ2n) is 3.61. The molecule has 0 aromatic carbocycles. The van der Waals surface area contributed by atoms with Gasteiger partial charge in [0.15, 0.2) is 0 Å². The molecule has 0 atom stereocenters. The van der Waals surface area contributed by atoms with Crippen LogP contribution in [0.3, 0.4) is 0 Å². The van der Waals surface area contributed by atoms with Crippen LogP contribution >= 0.6 is 0 Å². The number of hydrogen-bond donors (Lipinski definition) is 0. The van der Waals surface area contributed by atoms with Gasteiger partial charge in [0.2, 0.25) is 0 Å². The van der Waals surface area contributed by atoms with Crippen molar-refractivity contribution in [2.75, 3.05) is 0 Å². The zero-order valence-corrected chi connectivity index (χ0v) is 13.4. The summed E-state index contributed by atoms with van der Waals surface area (Å²) >= 11 is 2.43. The van der Waals surface area contributed by atoms with Crippen LogP contribution in [0.2, 0.25) is 3.72 Å². The average Bonchev–Trinajstić information content (AvgIpc) is 2.55. The summed E-state index contributed by atoms with van der Waals surface area (Å²) in [6.45, 7) is 0. The fourth-order valence-corrected chi connectivity index (χ4v) is 2.94. The van der Waals surface area contributed by atoms with E-state index >= 15 is 0 Å². The van der Waals surface area contributed by atoms with E-state index in [4.69, 9.17) is 0 Å². The molecule has 0 unspecified atom stereocenters. The van der Waals surface area contributed by atoms with Crippen LogP contribution in [0.25, 0.3) is 0 Å². The van der Waals surface area contributed by atoms with Gasteiger partial charge in [0.05, 0.1) is 0 Å². The molecule has 2 rings (SSSR count). The van der Waals surface area contributed by atoms with E-state index in [0.29, 0.717) is 3.72 Å². The van der Waals surface area contributed by atoms with Crippen LogP contribution in [-0.4, -0.2) is 0 Å². The Morgan fingerprint density at radius 3 is 2.23 bits per heavy atom. The predicted molar refractivity (Wildman–Crippen MR) is 43.0 cm³/mol. The molecule has 13 heavy (non-hydrogen) atoms. The summed E-state index contributed by atoms with van der Waals surface area (Å²) in [6, 6.07) is 0. The van der Waals surface area contributed by atoms with Gasteiger partial charge in [0, 0.05) is 0 Å². The first kappa shape index (κ1) is 14.7. The van der Waals surface area contributed by atoms with Crippen molar-refractivity contribution in [3.63, 3.8) is 0 Å². The standard InChI is InChI=1S/C10H13.2HI.Ti/c1-2-6-9(5-1)10-7-3-4-8-10;;;/h1-2,5H,3-4,6-8H2;2*1H;/q;;;+2/p-2. The molecule has 0 nitrogen and oxygen atoms in total. The number of allylic oxidation sites excluding steroid dienone is 4. The zero-order chi connectivity index (χ0) is 7.73. The van der Waals surface area contributed by atoms with E-state index in [1.807, 2.05) is 0 Å². The van der Waals surface area contributed by atoms with Crippen LogP contribution < -0.4 is 48.0 Å². The molecule has 3 heteroatoms. The molecule has 0 heterocycles. The average molecular weight is 435 g/mol. The summed E-state index contributed by atoms with van der Waals surface area (Å²) in [7, 11) is 0. The second kappa shape index (κ2) is 6.28. The number of halogens is 2. The Labute approximate surface area is 126 Å². The van der Waals surface area contributed by atoms with Crippen molar-refractivity contribution in [3.05, 3.63) is 23.8 Å². The molecule has 0 aliphatic heterocycles. The van der Waals surface area contributed by atoms with E-state index in [2.05, 4.69) is 38.7 Å². The van der Waals surface area contributed by atoms with Crippen molar-refractivity contribution in [1.29, 1.82) is 0 Å². The van der Waals surface area contributed by atoms with Crippen LogP contribution in [0.15, 0.2) is 23.8 Å². The van der Waals surface area contributed by atoms with E-state index in [0.717, 1.165) is 0 Å². The second-order valence-corrected chi connectivity index (χ2v) is 5.11. The Morgan fingerprint density at radius 1 is 1.15 bits per heavy atom. The molecular formula is C10H13I2Ti. The monoisotopic (exact) mass is 435 g/mol. The van der Waals surface area contributed by atoms with Crippen LogP contribution in [0, 0.1) is 0 Å². The molecule has 0 bridgehead atoms. The maximum absolute atomic E-state index is 2.43. The first-order valence-corrected chi connectivity index (χ1v) is 5.21. The number of hydrogen-bond acceptors (Lipinski definition) is 0. The predicted octanol–water partition coefficient (Wildman–Crippen LogP) is -2.84. The van der Waals surface area contributed by atoms with E-state index in [1.165, 1.54) is 32.1 Å². The molecule has 2 aliphatic rings. The van der Waals surface area contributed by atoms with Crippen LogP contribution in [-0.2, 0) is 20.4 Å². The molecular weight excluding hydrogens is 422 g/mol. The summed E-state index contributed by atoms with van der Waals surface area (Å²) in [5, 5.41) is 0. The molecule has 0 radical (unpaired) electrons. The molecule has 0 amide bonds. The minimum atomic E-state index is 0. The first-order chi connectivity index (χ1) is 5.31. The van der Waals surface area contributed by atoms with Gasteiger partial charge < -0.3 is 48.0 Å². The molecule has 0 aromatic heterocycles. The van der Waals surface area contributed by atoms with Crippen molar-refractivity contribution in [1.82, 2.24) is 0 Å². The Morgan fingerprint density at radius 2 is 1.77 bits per heavy atom. The summed E-state index contributed by atoms with van der Waals surface area (Å²) < 4.78 is 0.573. The van der Waals surface area contributed by atoms with Gasteiger partial charge in [-0.2, -0.15) is 0 Å². The molecule has 0 N–H and O–H groups in total. The van der Waals surface area contributed by atoms with Gasteiger partial charge in [-0.15, -0.1) is 0 Å². The Kier molecular flexibility index (Phi) is 7.08. The number of rotatable bonds is 1. The minimum absolute atomic E-state index is 0. The molecule has 2 aliphatic carbocycles. The van der Waals surface area contributed by atoms with Crippen LogP contribution in [0.4, 0.5) is 0 Å². The normalized spacial score (nSPS) is 23.4. The van der Waals surface area contributed by atoms with Crippen LogP contribution in [0.5, 0.6) is 0 Å². The third kappa shape index (κ3) is 3.31. The Bertz CT molecular complexity index is 215. The molecule has 0 spiro atoms. The van der Waals surface area contributed by atoms with Crippen molar-refractivity contribution in [2.24, 2.45) is 0 Å². The summed E-state index contributed by atoms with van der Waals surface area (Å²) in [5.41, 5.74) is 1.68. The fourth-order valence-electron chi connectivity index (χ4n) is 2.10. The molecule has 1 fully saturated rings. The fraction of sp³-hybridized carbons (Fsp3) is 0.600. The van der Waals surface area contributed by atoms with Gasteiger partial charge >= 0.3 is 80.1 Å². The molecule has 0 saturated heterocycles. The van der Waals surface area contributed by atoms with Gasteiger partial charge in [-0.3, -0.25) is 0 Å². The Hall–Kier alpha value is 1.65. The van der Waals surface area contributed by atoms with Crippen LogP contribution in [0.1, 0.15) is 32.1 Å². The third-order valence-electron chi connectivity index (χ3n) is 2.84. The van der Waals surface area contributed by atoms with Crippen molar-refractivity contribution >= 4 is 0 Å². The first-order valence-electron chi connectivity index (χ1n) is 4.42. The van der Waals surface area contributed by atoms with Gasteiger partial charge in [0.25, 0.3) is 0 Å². The summed E-state index contributed by atoms with van der Waals surface area (Å²) in [6.07, 6.45) is 13.7. The van der Waals surface area contributed by atoms with E-state index in [1.54, 1.807) is 5.57 Å². The van der Waals surface area contributed by atoms with E-state index in [-0.39, 0.29) is 48.0 Å². The molecule has 71 valence electrons. The van der Waals surface area contributed by atoms with Gasteiger partial charge in [-0.1, -0.05) is 0 Å².